The summed E-state index contributed by atoms with van der Waals surface area (Å²) in [5.74, 6) is 0. The summed E-state index contributed by atoms with van der Waals surface area (Å²) in [7, 11) is 0. The third kappa shape index (κ3) is 13.3. The molecule has 0 aliphatic heterocycles. The predicted molar refractivity (Wildman–Crippen MR) is 176 cm³/mol. The van der Waals surface area contributed by atoms with Crippen molar-refractivity contribution in [3.8, 4) is 0 Å². The zero-order valence-corrected chi connectivity index (χ0v) is 29.5. The Hall–Kier alpha value is -5.90. The maximum absolute atomic E-state index is 3.42. The van der Waals surface area contributed by atoms with E-state index in [0.29, 0.717) is 0 Å². The Morgan fingerprint density at radius 3 is 0.660 bits per heavy atom. The van der Waals surface area contributed by atoms with Crippen LogP contribution in [0.4, 0.5) is 0 Å². The quantitative estimate of drug-likeness (QED) is 0.129. The molecule has 0 amide bonds. The minimum Gasteiger partial charge on any atom is -0.266 e. The number of nitrogens with one attached hydrogen (secondary N) is 4. The van der Waals surface area contributed by atoms with E-state index in [4.69, 9.17) is 0 Å². The van der Waals surface area contributed by atoms with Gasteiger partial charge in [-0.1, -0.05) is 142 Å². The van der Waals surface area contributed by atoms with Gasteiger partial charge in [-0.3, -0.25) is 20.4 Å². The molecular weight excluding hydrogens is 689 g/mol. The van der Waals surface area contributed by atoms with Gasteiger partial charge in [0.2, 0.25) is 0 Å². The van der Waals surface area contributed by atoms with E-state index in [1.54, 1.807) is 49.6 Å². The molecule has 4 aromatic heterocycles. The molecule has 13 heteroatoms. The minimum absolute atomic E-state index is 0. The summed E-state index contributed by atoms with van der Waals surface area (Å²) in [5, 5.41) is 37.1. The maximum Gasteiger partial charge on any atom is 0.0690 e. The molecule has 0 saturated carbocycles. The van der Waals surface area contributed by atoms with Crippen molar-refractivity contribution in [3.05, 3.63) is 193 Å². The first-order valence-electron chi connectivity index (χ1n) is 14.1. The summed E-state index contributed by atoms with van der Waals surface area (Å²) in [4.78, 5) is 0. The van der Waals surface area contributed by atoms with Crippen molar-refractivity contribution < 1.29 is 27.3 Å². The van der Waals surface area contributed by atoms with E-state index in [9.17, 15) is 0 Å². The number of aromatic nitrogens is 12. The Bertz CT molecular complexity index is 1460. The molecule has 0 aliphatic carbocycles. The van der Waals surface area contributed by atoms with E-state index in [-0.39, 0.29) is 27.3 Å². The fourth-order valence-electron chi connectivity index (χ4n) is 4.00. The Labute approximate surface area is 292 Å². The molecule has 0 radical (unpaired) electrons. The van der Waals surface area contributed by atoms with Crippen LogP contribution in [0.15, 0.2) is 171 Å². The fourth-order valence-corrected chi connectivity index (χ4v) is 4.00. The number of hydrogen-bond acceptors (Lipinski definition) is 8. The second kappa shape index (κ2) is 22.6. The van der Waals surface area contributed by atoms with Crippen LogP contribution >= 0.6 is 0 Å². The van der Waals surface area contributed by atoms with Gasteiger partial charge in [0.1, 0.15) is 0 Å². The molecule has 8 aromatic rings. The van der Waals surface area contributed by atoms with E-state index in [1.165, 1.54) is 33.4 Å². The summed E-state index contributed by atoms with van der Waals surface area (Å²) in [6.45, 7) is 0. The molecule has 0 aliphatic rings. The van der Waals surface area contributed by atoms with Gasteiger partial charge in [0, 0.05) is 52.1 Å². The Morgan fingerprint density at radius 2 is 0.532 bits per heavy atom. The van der Waals surface area contributed by atoms with E-state index in [0.717, 1.165) is 0 Å². The van der Waals surface area contributed by atoms with E-state index >= 15 is 0 Å². The number of rotatable bonds is 4. The zero-order chi connectivity index (χ0) is 31.7. The second-order valence-electron chi connectivity index (χ2n) is 8.86. The van der Waals surface area contributed by atoms with Gasteiger partial charge in [-0.2, -0.15) is 0 Å². The summed E-state index contributed by atoms with van der Waals surface area (Å²) >= 11 is 0. The van der Waals surface area contributed by atoms with Crippen LogP contribution in [0.1, 0.15) is 22.3 Å². The molecule has 0 spiro atoms. The number of H-pyrrole nitrogens is 4. The molecule has 0 fully saturated rings. The third-order valence-electron chi connectivity index (χ3n) is 5.82. The molecule has 4 aromatic carbocycles. The molecule has 0 atom stereocenters. The van der Waals surface area contributed by atoms with Crippen LogP contribution in [0.3, 0.4) is 0 Å². The fraction of sp³-hybridized carbons (Fsp3) is 0. The largest absolute Gasteiger partial charge is 0.266 e. The van der Waals surface area contributed by atoms with E-state index < -0.39 is 0 Å². The van der Waals surface area contributed by atoms with Crippen LogP contribution in [-0.2, 0) is 27.3 Å². The first-order chi connectivity index (χ1) is 22.9. The maximum atomic E-state index is 3.42. The van der Waals surface area contributed by atoms with Crippen molar-refractivity contribution in [2.75, 3.05) is 0 Å². The summed E-state index contributed by atoms with van der Waals surface area (Å²) in [6, 6.07) is 42.6. The molecule has 47 heavy (non-hydrogen) atoms. The number of benzene rings is 4. The average Bonchev–Trinajstić information content (AvgIpc) is 3.99. The summed E-state index contributed by atoms with van der Waals surface area (Å²) < 4.78 is 0. The summed E-state index contributed by atoms with van der Waals surface area (Å²) in [6.07, 6.45) is 12.9. The van der Waals surface area contributed by atoms with Crippen molar-refractivity contribution >= 4 is 11.1 Å². The van der Waals surface area contributed by atoms with Crippen LogP contribution in [0.2, 0.25) is 0 Å². The van der Waals surface area contributed by atoms with E-state index in [2.05, 4.69) is 183 Å². The van der Waals surface area contributed by atoms with Gasteiger partial charge in [-0.05, 0) is 33.4 Å². The van der Waals surface area contributed by atoms with Gasteiger partial charge in [-0.25, -0.2) is 0 Å². The molecule has 4 N–H and O–H groups in total. The van der Waals surface area contributed by atoms with Gasteiger partial charge >= 0.3 is 0 Å². The van der Waals surface area contributed by atoms with Crippen molar-refractivity contribution in [1.29, 1.82) is 0 Å². The molecule has 8 rings (SSSR count). The number of hydrogen-bond donors (Lipinski definition) is 4. The van der Waals surface area contributed by atoms with Crippen molar-refractivity contribution in [1.82, 2.24) is 61.6 Å². The van der Waals surface area contributed by atoms with Crippen LogP contribution in [-0.4, -0.2) is 61.6 Å². The first kappa shape index (κ1) is 35.6. The topological polar surface area (TPSA) is 166 Å². The molecule has 230 valence electrons. The Kier molecular flexibility index (Phi) is 17.1. The standard InChI is InChI=1S/C26H20.4C2H3N3.Cd/c1-5-13-21(14-6-1)25(22-15-7-2-8-16-22)26(23-17-9-3-10-18-23)24-19-11-4-12-20-24;4*1-2-4-5-3-1;/h1-20H;4*1-2H,(H,3,4,5);. The molecule has 12 nitrogen and oxygen atoms in total. The molecule has 0 saturated heterocycles. The predicted octanol–water partition coefficient (Wildman–Crippen LogP) is 5.91. The molecule has 0 unspecified atom stereocenters. The molecule has 0 bridgehead atoms. The zero-order valence-electron chi connectivity index (χ0n) is 25.5. The van der Waals surface area contributed by atoms with Gasteiger partial charge in [-0.15, -0.1) is 20.4 Å². The van der Waals surface area contributed by atoms with Gasteiger partial charge in [0.25, 0.3) is 0 Å². The number of nitrogens with zero attached hydrogens (tertiary/aromatic N) is 8. The average molecular weight is 721 g/mol. The number of aromatic amines is 4. The van der Waals surface area contributed by atoms with Crippen LogP contribution in [0.25, 0.3) is 11.1 Å². The SMILES string of the molecule is [Cd].c1c[nH]nn1.c1c[nH]nn1.c1c[nH]nn1.c1c[nH]nn1.c1ccc(C(=C(c2ccccc2)c2ccccc2)c2ccccc2)cc1. The monoisotopic (exact) mass is 722 g/mol. The van der Waals surface area contributed by atoms with Crippen LogP contribution in [0.5, 0.6) is 0 Å². The van der Waals surface area contributed by atoms with Crippen LogP contribution < -0.4 is 0 Å². The van der Waals surface area contributed by atoms with Crippen molar-refractivity contribution in [2.24, 2.45) is 0 Å². The Morgan fingerprint density at radius 1 is 0.319 bits per heavy atom. The summed E-state index contributed by atoms with van der Waals surface area (Å²) in [5.41, 5.74) is 7.40. The molecule has 4 heterocycles. The Balaban J connectivity index is 0.000000227. The smallest absolute Gasteiger partial charge is 0.0690 e. The van der Waals surface area contributed by atoms with Crippen LogP contribution in [0, 0.1) is 0 Å². The van der Waals surface area contributed by atoms with Gasteiger partial charge in [0.15, 0.2) is 0 Å². The van der Waals surface area contributed by atoms with E-state index in [1.807, 2.05) is 0 Å². The first-order valence-corrected chi connectivity index (χ1v) is 14.1. The minimum atomic E-state index is 0. The van der Waals surface area contributed by atoms with Gasteiger partial charge in [0.05, 0.1) is 24.8 Å². The normalized spacial score (nSPS) is 9.11. The second-order valence-corrected chi connectivity index (χ2v) is 8.86. The van der Waals surface area contributed by atoms with Gasteiger partial charge < -0.3 is 0 Å². The third-order valence-corrected chi connectivity index (χ3v) is 5.82. The van der Waals surface area contributed by atoms with Crippen molar-refractivity contribution in [2.45, 2.75) is 0 Å². The molecular formula is C34H32CdN12. The van der Waals surface area contributed by atoms with Crippen molar-refractivity contribution in [3.63, 3.8) is 0 Å².